The molecule has 0 heterocycles. The van der Waals surface area contributed by atoms with E-state index in [0.717, 1.165) is 5.56 Å². The summed E-state index contributed by atoms with van der Waals surface area (Å²) in [4.78, 5) is 22.5. The minimum Gasteiger partial charge on any atom is -0.480 e. The van der Waals surface area contributed by atoms with Crippen molar-refractivity contribution >= 4 is 11.9 Å². The molecule has 20 heavy (non-hydrogen) atoms. The Labute approximate surface area is 118 Å². The van der Waals surface area contributed by atoms with Gasteiger partial charge in [0.25, 0.3) is 0 Å². The van der Waals surface area contributed by atoms with E-state index >= 15 is 0 Å². The monoisotopic (exact) mass is 277 g/mol. The summed E-state index contributed by atoms with van der Waals surface area (Å²) in [5, 5.41) is 12.0. The molecule has 1 rings (SSSR count). The molecular formula is C15H19NO4. The Kier molecular flexibility index (Phi) is 6.29. The van der Waals surface area contributed by atoms with Crippen LogP contribution in [-0.4, -0.2) is 29.7 Å². The molecule has 0 radical (unpaired) electrons. The average Bonchev–Trinajstić information content (AvgIpc) is 2.39. The van der Waals surface area contributed by atoms with Crippen LogP contribution in [0.25, 0.3) is 0 Å². The van der Waals surface area contributed by atoms with Crippen molar-refractivity contribution in [1.82, 2.24) is 5.32 Å². The number of carbonyl (C=O) groups excluding carboxylic acids is 1. The summed E-state index contributed by atoms with van der Waals surface area (Å²) in [7, 11) is 0. The Morgan fingerprint density at radius 3 is 2.55 bits per heavy atom. The van der Waals surface area contributed by atoms with Crippen LogP contribution in [0.3, 0.4) is 0 Å². The van der Waals surface area contributed by atoms with Crippen LogP contribution in [0.15, 0.2) is 42.1 Å². The topological polar surface area (TPSA) is 75.6 Å². The maximum Gasteiger partial charge on any atom is 0.332 e. The minimum atomic E-state index is -0.967. The van der Waals surface area contributed by atoms with E-state index in [1.165, 1.54) is 6.08 Å². The summed E-state index contributed by atoms with van der Waals surface area (Å²) in [5.41, 5.74) is 1.38. The fourth-order valence-corrected chi connectivity index (χ4v) is 1.73. The predicted molar refractivity (Wildman–Crippen MR) is 75.1 cm³/mol. The van der Waals surface area contributed by atoms with Crippen molar-refractivity contribution in [3.8, 4) is 0 Å². The molecule has 5 heteroatoms. The molecule has 0 unspecified atom stereocenters. The zero-order chi connectivity index (χ0) is 15.0. The third-order valence-electron chi connectivity index (χ3n) is 2.60. The number of benzene rings is 1. The number of ether oxygens (including phenoxy) is 1. The molecule has 1 aromatic carbocycles. The normalized spacial score (nSPS) is 12.6. The van der Waals surface area contributed by atoms with Gasteiger partial charge in [-0.05, 0) is 19.4 Å². The molecule has 108 valence electrons. The first-order valence-corrected chi connectivity index (χ1v) is 6.41. The number of hydrogen-bond acceptors (Lipinski definition) is 4. The molecule has 5 nitrogen and oxygen atoms in total. The van der Waals surface area contributed by atoms with Crippen LogP contribution in [-0.2, 0) is 20.7 Å². The predicted octanol–water partition coefficient (Wildman–Crippen LogP) is 1.74. The molecule has 0 aliphatic rings. The van der Waals surface area contributed by atoms with Crippen molar-refractivity contribution in [2.24, 2.45) is 0 Å². The van der Waals surface area contributed by atoms with Gasteiger partial charge in [-0.3, -0.25) is 0 Å². The number of nitrogens with one attached hydrogen (secondary N) is 1. The van der Waals surface area contributed by atoms with E-state index < -0.39 is 18.0 Å². The summed E-state index contributed by atoms with van der Waals surface area (Å²) in [6, 6.07) is 8.52. The van der Waals surface area contributed by atoms with Gasteiger partial charge in [0.2, 0.25) is 0 Å². The lowest BCUT2D eigenvalue weighted by Gasteiger charge is -2.16. The highest BCUT2D eigenvalue weighted by Gasteiger charge is 2.17. The maximum absolute atomic E-state index is 11.3. The smallest absolute Gasteiger partial charge is 0.332 e. The summed E-state index contributed by atoms with van der Waals surface area (Å²) in [6.45, 7) is 3.64. The van der Waals surface area contributed by atoms with E-state index in [-0.39, 0.29) is 6.61 Å². The zero-order valence-electron chi connectivity index (χ0n) is 11.6. The van der Waals surface area contributed by atoms with Crippen molar-refractivity contribution in [3.63, 3.8) is 0 Å². The van der Waals surface area contributed by atoms with E-state index in [4.69, 9.17) is 4.74 Å². The number of carbonyl (C=O) groups is 2. The molecule has 0 fully saturated rings. The van der Waals surface area contributed by atoms with E-state index in [2.05, 4.69) is 5.32 Å². The van der Waals surface area contributed by atoms with Crippen molar-refractivity contribution in [1.29, 1.82) is 0 Å². The van der Waals surface area contributed by atoms with Gasteiger partial charge in [0.05, 0.1) is 6.61 Å². The minimum absolute atomic E-state index is 0.287. The van der Waals surface area contributed by atoms with Crippen LogP contribution in [0.5, 0.6) is 0 Å². The average molecular weight is 277 g/mol. The Hall–Kier alpha value is -2.30. The molecule has 0 aliphatic carbocycles. The Morgan fingerprint density at radius 1 is 1.35 bits per heavy atom. The van der Waals surface area contributed by atoms with Crippen LogP contribution in [0.4, 0.5) is 0 Å². The van der Waals surface area contributed by atoms with Crippen LogP contribution >= 0.6 is 0 Å². The second-order valence-corrected chi connectivity index (χ2v) is 4.30. The molecule has 2 N–H and O–H groups in total. The van der Waals surface area contributed by atoms with E-state index in [0.29, 0.717) is 12.1 Å². The maximum atomic E-state index is 11.3. The number of esters is 1. The summed E-state index contributed by atoms with van der Waals surface area (Å²) < 4.78 is 4.77. The number of rotatable bonds is 7. The Bertz CT molecular complexity index is 482. The lowest BCUT2D eigenvalue weighted by molar-refractivity contribution is -0.140. The van der Waals surface area contributed by atoms with Gasteiger partial charge in [-0.15, -0.1) is 0 Å². The highest BCUT2D eigenvalue weighted by molar-refractivity contribution is 5.83. The summed E-state index contributed by atoms with van der Waals surface area (Å²) >= 11 is 0. The highest BCUT2D eigenvalue weighted by atomic mass is 16.5. The zero-order valence-corrected chi connectivity index (χ0v) is 11.6. The van der Waals surface area contributed by atoms with Gasteiger partial charge >= 0.3 is 11.9 Å². The standard InChI is InChI=1S/C15H19NO4/c1-3-20-14(17)9-11(2)16-13(15(18)19)10-12-7-5-4-6-8-12/h4-9,13,16H,3,10H2,1-2H3,(H,18,19)/b11-9+/t13-/m1/s1. The van der Waals surface area contributed by atoms with Crippen LogP contribution < -0.4 is 5.32 Å². The largest absolute Gasteiger partial charge is 0.480 e. The fraction of sp³-hybridized carbons (Fsp3) is 0.333. The second kappa shape index (κ2) is 7.99. The summed E-state index contributed by atoms with van der Waals surface area (Å²) in [5.74, 6) is -1.45. The molecular weight excluding hydrogens is 258 g/mol. The third-order valence-corrected chi connectivity index (χ3v) is 2.60. The number of aliphatic carboxylic acids is 1. The first-order valence-electron chi connectivity index (χ1n) is 6.41. The van der Waals surface area contributed by atoms with Gasteiger partial charge in [0, 0.05) is 18.2 Å². The number of carboxylic acid groups (broad SMARTS) is 1. The van der Waals surface area contributed by atoms with Crippen molar-refractivity contribution < 1.29 is 19.4 Å². The van der Waals surface area contributed by atoms with E-state index in [1.54, 1.807) is 13.8 Å². The molecule has 0 aromatic heterocycles. The van der Waals surface area contributed by atoms with Gasteiger partial charge in [0.1, 0.15) is 6.04 Å². The molecule has 0 aliphatic heterocycles. The van der Waals surface area contributed by atoms with Crippen LogP contribution in [0.2, 0.25) is 0 Å². The van der Waals surface area contributed by atoms with Crippen LogP contribution in [0, 0.1) is 0 Å². The van der Waals surface area contributed by atoms with Gasteiger partial charge in [0.15, 0.2) is 0 Å². The van der Waals surface area contributed by atoms with E-state index in [1.807, 2.05) is 30.3 Å². The molecule has 1 atom stereocenters. The quantitative estimate of drug-likeness (QED) is 0.586. The van der Waals surface area contributed by atoms with Gasteiger partial charge in [-0.1, -0.05) is 30.3 Å². The Balaban J connectivity index is 2.68. The summed E-state index contributed by atoms with van der Waals surface area (Å²) in [6.07, 6.45) is 1.59. The van der Waals surface area contributed by atoms with E-state index in [9.17, 15) is 14.7 Å². The molecule has 0 bridgehead atoms. The van der Waals surface area contributed by atoms with Gasteiger partial charge in [-0.25, -0.2) is 9.59 Å². The van der Waals surface area contributed by atoms with Crippen LogP contribution in [0.1, 0.15) is 19.4 Å². The van der Waals surface area contributed by atoms with Gasteiger partial charge in [-0.2, -0.15) is 0 Å². The molecule has 0 amide bonds. The lowest BCUT2D eigenvalue weighted by Crippen LogP contribution is -2.37. The van der Waals surface area contributed by atoms with Crippen molar-refractivity contribution in [3.05, 3.63) is 47.7 Å². The fourth-order valence-electron chi connectivity index (χ4n) is 1.73. The Morgan fingerprint density at radius 2 is 2.00 bits per heavy atom. The van der Waals surface area contributed by atoms with Gasteiger partial charge < -0.3 is 15.2 Å². The number of allylic oxidation sites excluding steroid dienone is 1. The first kappa shape index (κ1) is 15.8. The third kappa shape index (κ3) is 5.56. The van der Waals surface area contributed by atoms with Crippen molar-refractivity contribution in [2.75, 3.05) is 6.61 Å². The first-order chi connectivity index (χ1) is 9.52. The molecule has 0 spiro atoms. The molecule has 0 saturated carbocycles. The van der Waals surface area contributed by atoms with Crippen molar-refractivity contribution in [2.45, 2.75) is 26.3 Å². The number of hydrogen-bond donors (Lipinski definition) is 2. The molecule has 1 aromatic rings. The SMILES string of the molecule is CCOC(=O)/C=C(\C)N[C@H](Cc1ccccc1)C(=O)O. The second-order valence-electron chi connectivity index (χ2n) is 4.30. The highest BCUT2D eigenvalue weighted by Crippen LogP contribution is 2.05. The lowest BCUT2D eigenvalue weighted by atomic mass is 10.1. The molecule has 0 saturated heterocycles. The number of carboxylic acids is 1.